The van der Waals surface area contributed by atoms with E-state index in [-0.39, 0.29) is 12.1 Å². The summed E-state index contributed by atoms with van der Waals surface area (Å²) in [6.45, 7) is 0.925. The number of nitrogens with zero attached hydrogens (tertiary/aromatic N) is 4. The highest BCUT2D eigenvalue weighted by Gasteiger charge is 2.59. The van der Waals surface area contributed by atoms with Crippen molar-refractivity contribution in [2.75, 3.05) is 11.4 Å². The van der Waals surface area contributed by atoms with Gasteiger partial charge in [-0.15, -0.1) is 0 Å². The van der Waals surface area contributed by atoms with E-state index < -0.39 is 0 Å². The van der Waals surface area contributed by atoms with Crippen LogP contribution in [0.25, 0.3) is 0 Å². The Morgan fingerprint density at radius 2 is 2.28 bits per heavy atom. The Bertz CT molecular complexity index is 538. The lowest BCUT2D eigenvalue weighted by molar-refractivity contribution is 0.0965. The number of hydrogen-bond donors (Lipinski definition) is 1. The number of aliphatic hydroxyl groups excluding tert-OH is 1. The summed E-state index contributed by atoms with van der Waals surface area (Å²) in [7, 11) is 0. The average molecular weight is 242 g/mol. The van der Waals surface area contributed by atoms with E-state index in [0.29, 0.717) is 29.1 Å². The van der Waals surface area contributed by atoms with Crippen LogP contribution in [0.15, 0.2) is 12.5 Å². The maximum atomic E-state index is 10.3. The Hall–Kier alpha value is -1.67. The van der Waals surface area contributed by atoms with Crippen molar-refractivity contribution >= 4 is 5.82 Å². The second kappa shape index (κ2) is 3.42. The molecule has 0 aromatic carbocycles. The zero-order valence-electron chi connectivity index (χ0n) is 9.90. The van der Waals surface area contributed by atoms with Crippen LogP contribution in [-0.2, 0) is 0 Å². The Labute approximate surface area is 105 Å². The molecule has 92 valence electrons. The molecule has 0 spiro atoms. The maximum Gasteiger partial charge on any atom is 0.150 e. The molecule has 3 aliphatic rings. The predicted molar refractivity (Wildman–Crippen MR) is 63.6 cm³/mol. The first kappa shape index (κ1) is 10.3. The Kier molecular flexibility index (Phi) is 1.95. The molecule has 0 radical (unpaired) electrons. The van der Waals surface area contributed by atoms with Gasteiger partial charge in [-0.2, -0.15) is 5.26 Å². The van der Waals surface area contributed by atoms with Gasteiger partial charge in [0.2, 0.25) is 0 Å². The quantitative estimate of drug-likeness (QED) is 0.778. The largest absolute Gasteiger partial charge is 0.391 e. The minimum atomic E-state index is -0.254. The second-order valence-electron chi connectivity index (χ2n) is 5.66. The second-order valence-corrected chi connectivity index (χ2v) is 5.66. The number of aromatic nitrogens is 2. The standard InChI is InChI=1S/C13H14N4O/c14-3-9-4-15-6-16-13(9)17-5-8-1-7-2-10(8)11(17)12(7)18/h4,6-8,10-12,18H,1-2,5H2. The molecule has 1 aromatic heterocycles. The third-order valence-electron chi connectivity index (χ3n) is 4.93. The van der Waals surface area contributed by atoms with Crippen molar-refractivity contribution in [2.24, 2.45) is 17.8 Å². The van der Waals surface area contributed by atoms with Crippen molar-refractivity contribution in [2.45, 2.75) is 25.0 Å². The molecule has 2 saturated carbocycles. The summed E-state index contributed by atoms with van der Waals surface area (Å²) in [6.07, 6.45) is 5.05. The van der Waals surface area contributed by atoms with E-state index in [4.69, 9.17) is 5.26 Å². The molecule has 2 aliphatic carbocycles. The molecule has 4 rings (SSSR count). The van der Waals surface area contributed by atoms with Crippen LogP contribution in [0, 0.1) is 29.1 Å². The van der Waals surface area contributed by atoms with Gasteiger partial charge < -0.3 is 10.0 Å². The first-order chi connectivity index (χ1) is 8.79. The number of hydrogen-bond acceptors (Lipinski definition) is 5. The highest BCUT2D eigenvalue weighted by atomic mass is 16.3. The minimum Gasteiger partial charge on any atom is -0.391 e. The summed E-state index contributed by atoms with van der Waals surface area (Å²) in [5.74, 6) is 2.42. The molecule has 5 atom stereocenters. The van der Waals surface area contributed by atoms with E-state index >= 15 is 0 Å². The fourth-order valence-corrected chi connectivity index (χ4v) is 4.29. The van der Waals surface area contributed by atoms with Crippen LogP contribution in [0.2, 0.25) is 0 Å². The Morgan fingerprint density at radius 1 is 1.39 bits per heavy atom. The molecular formula is C13H14N4O. The maximum absolute atomic E-state index is 10.3. The molecule has 5 unspecified atom stereocenters. The van der Waals surface area contributed by atoms with Gasteiger partial charge in [-0.1, -0.05) is 0 Å². The zero-order valence-corrected chi connectivity index (χ0v) is 9.90. The SMILES string of the molecule is N#Cc1cncnc1N1CC2CC3CC2C1C3O. The lowest BCUT2D eigenvalue weighted by Gasteiger charge is -2.29. The van der Waals surface area contributed by atoms with Gasteiger partial charge in [0.1, 0.15) is 23.8 Å². The first-order valence-electron chi connectivity index (χ1n) is 6.44. The van der Waals surface area contributed by atoms with E-state index in [1.807, 2.05) is 0 Å². The summed E-state index contributed by atoms with van der Waals surface area (Å²) >= 11 is 0. The fraction of sp³-hybridized carbons (Fsp3) is 0.615. The monoisotopic (exact) mass is 242 g/mol. The molecule has 1 aliphatic heterocycles. The van der Waals surface area contributed by atoms with Crippen molar-refractivity contribution in [1.29, 1.82) is 5.26 Å². The van der Waals surface area contributed by atoms with E-state index in [1.54, 1.807) is 6.20 Å². The van der Waals surface area contributed by atoms with Gasteiger partial charge in [0.15, 0.2) is 0 Å². The number of nitriles is 1. The van der Waals surface area contributed by atoms with Gasteiger partial charge in [-0.3, -0.25) is 0 Å². The van der Waals surface area contributed by atoms with Crippen molar-refractivity contribution in [3.8, 4) is 6.07 Å². The van der Waals surface area contributed by atoms with Crippen LogP contribution in [-0.4, -0.2) is 33.8 Å². The Morgan fingerprint density at radius 3 is 3.06 bits per heavy atom. The Balaban J connectivity index is 1.77. The van der Waals surface area contributed by atoms with Crippen molar-refractivity contribution < 1.29 is 5.11 Å². The summed E-state index contributed by atoms with van der Waals surface area (Å²) in [6, 6.07) is 2.31. The number of aliphatic hydroxyl groups is 1. The fourth-order valence-electron chi connectivity index (χ4n) is 4.29. The summed E-state index contributed by atoms with van der Waals surface area (Å²) < 4.78 is 0. The molecule has 2 heterocycles. The molecule has 18 heavy (non-hydrogen) atoms. The predicted octanol–water partition coefficient (Wildman–Crippen LogP) is 0.554. The third-order valence-corrected chi connectivity index (χ3v) is 4.93. The molecule has 5 heteroatoms. The van der Waals surface area contributed by atoms with Gasteiger partial charge in [-0.25, -0.2) is 9.97 Å². The molecule has 3 fully saturated rings. The smallest absolute Gasteiger partial charge is 0.150 e. The van der Waals surface area contributed by atoms with Crippen molar-refractivity contribution in [3.05, 3.63) is 18.1 Å². The van der Waals surface area contributed by atoms with Gasteiger partial charge >= 0.3 is 0 Å². The molecule has 1 saturated heterocycles. The van der Waals surface area contributed by atoms with Crippen molar-refractivity contribution in [1.82, 2.24) is 9.97 Å². The van der Waals surface area contributed by atoms with Crippen molar-refractivity contribution in [3.63, 3.8) is 0 Å². The van der Waals surface area contributed by atoms with Crippen LogP contribution in [0.3, 0.4) is 0 Å². The first-order valence-corrected chi connectivity index (χ1v) is 6.44. The van der Waals surface area contributed by atoms with Gasteiger partial charge in [0.25, 0.3) is 0 Å². The molecule has 1 N–H and O–H groups in total. The molecular weight excluding hydrogens is 228 g/mol. The number of fused-ring (bicyclic) bond motifs is 1. The van der Waals surface area contributed by atoms with Crippen LogP contribution in [0.5, 0.6) is 0 Å². The van der Waals surface area contributed by atoms with E-state index in [2.05, 4.69) is 20.9 Å². The van der Waals surface area contributed by atoms with Gasteiger partial charge in [-0.05, 0) is 30.6 Å². The van der Waals surface area contributed by atoms with Crippen LogP contribution >= 0.6 is 0 Å². The summed E-state index contributed by atoms with van der Waals surface area (Å²) in [5.41, 5.74) is 0.509. The highest BCUT2D eigenvalue weighted by Crippen LogP contribution is 2.55. The van der Waals surface area contributed by atoms with E-state index in [1.165, 1.54) is 6.33 Å². The number of rotatable bonds is 1. The number of anilines is 1. The normalized spacial score (nSPS) is 40.2. The van der Waals surface area contributed by atoms with Crippen LogP contribution < -0.4 is 4.90 Å². The van der Waals surface area contributed by atoms with Crippen LogP contribution in [0.1, 0.15) is 18.4 Å². The summed E-state index contributed by atoms with van der Waals surface area (Å²) in [5, 5.41) is 19.5. The van der Waals surface area contributed by atoms with Gasteiger partial charge in [0.05, 0.1) is 18.3 Å². The molecule has 5 nitrogen and oxygen atoms in total. The third kappa shape index (κ3) is 1.14. The highest BCUT2D eigenvalue weighted by molar-refractivity contribution is 5.55. The summed E-state index contributed by atoms with van der Waals surface area (Å²) in [4.78, 5) is 10.3. The lowest BCUT2D eigenvalue weighted by Crippen LogP contribution is -2.41. The van der Waals surface area contributed by atoms with E-state index in [9.17, 15) is 5.11 Å². The molecule has 1 aromatic rings. The van der Waals surface area contributed by atoms with Gasteiger partial charge in [0, 0.05) is 6.54 Å². The van der Waals surface area contributed by atoms with Crippen LogP contribution in [0.4, 0.5) is 5.82 Å². The minimum absolute atomic E-state index is 0.163. The lowest BCUT2D eigenvalue weighted by atomic mass is 9.88. The average Bonchev–Trinajstić information content (AvgIpc) is 3.00. The molecule has 2 bridgehead atoms. The topological polar surface area (TPSA) is 73.0 Å². The van der Waals surface area contributed by atoms with E-state index in [0.717, 1.165) is 19.4 Å². The molecule has 0 amide bonds. The zero-order chi connectivity index (χ0) is 12.3.